The molecule has 1 fully saturated rings. The summed E-state index contributed by atoms with van der Waals surface area (Å²) < 4.78 is 0. The minimum Gasteiger partial charge on any atom is -0.370 e. The van der Waals surface area contributed by atoms with Crippen molar-refractivity contribution in [3.8, 4) is 0 Å². The first kappa shape index (κ1) is 9.20. The molecule has 0 radical (unpaired) electrons. The average Bonchev–Trinajstić information content (AvgIpc) is 2.78. The van der Waals surface area contributed by atoms with Gasteiger partial charge in [0.2, 0.25) is 0 Å². The molecule has 0 amide bonds. The Morgan fingerprint density at radius 3 is 3.07 bits per heavy atom. The second-order valence-electron chi connectivity index (χ2n) is 5.01. The molecule has 2 heteroatoms. The quantitative estimate of drug-likeness (QED) is 0.815. The molecular weight excluding hydrogens is 184 g/mol. The number of nitrogens with zero attached hydrogens (tertiary/aromatic N) is 1. The predicted molar refractivity (Wildman–Crippen MR) is 62.0 cm³/mol. The Hall–Kier alpha value is -1.05. The van der Waals surface area contributed by atoms with Gasteiger partial charge in [0.15, 0.2) is 0 Å². The largest absolute Gasteiger partial charge is 0.370 e. The summed E-state index contributed by atoms with van der Waals surface area (Å²) in [5.74, 6) is 2.89. The summed E-state index contributed by atoms with van der Waals surface area (Å²) >= 11 is 0. The van der Waals surface area contributed by atoms with Crippen LogP contribution >= 0.6 is 0 Å². The van der Waals surface area contributed by atoms with Crippen molar-refractivity contribution >= 4 is 5.82 Å². The van der Waals surface area contributed by atoms with Gasteiger partial charge in [-0.2, -0.15) is 0 Å². The van der Waals surface area contributed by atoms with Crippen LogP contribution in [-0.2, 0) is 12.8 Å². The number of nitrogens with one attached hydrogen (secondary N) is 1. The van der Waals surface area contributed by atoms with E-state index in [1.807, 2.05) is 0 Å². The van der Waals surface area contributed by atoms with Gasteiger partial charge >= 0.3 is 0 Å². The molecule has 1 aromatic rings. The lowest BCUT2D eigenvalue weighted by Crippen LogP contribution is -2.06. The number of aryl methyl sites for hydroxylation is 2. The first-order valence-corrected chi connectivity index (χ1v) is 6.05. The van der Waals surface area contributed by atoms with Crippen LogP contribution in [0.25, 0.3) is 0 Å². The molecule has 2 nitrogen and oxygen atoms in total. The van der Waals surface area contributed by atoms with Crippen molar-refractivity contribution in [2.45, 2.75) is 32.6 Å². The van der Waals surface area contributed by atoms with Crippen molar-refractivity contribution < 1.29 is 0 Å². The second-order valence-corrected chi connectivity index (χ2v) is 5.01. The zero-order valence-corrected chi connectivity index (χ0v) is 9.29. The predicted octanol–water partition coefficient (Wildman–Crippen LogP) is 2.64. The van der Waals surface area contributed by atoms with Crippen LogP contribution in [0, 0.1) is 11.8 Å². The topological polar surface area (TPSA) is 24.9 Å². The highest BCUT2D eigenvalue weighted by atomic mass is 15.0. The number of aromatic nitrogens is 1. The number of hydrogen-bond acceptors (Lipinski definition) is 2. The van der Waals surface area contributed by atoms with Gasteiger partial charge in [-0.05, 0) is 49.1 Å². The van der Waals surface area contributed by atoms with Gasteiger partial charge in [0, 0.05) is 12.2 Å². The monoisotopic (exact) mass is 202 g/mol. The molecule has 1 heterocycles. The average molecular weight is 202 g/mol. The molecule has 1 saturated carbocycles. The summed E-state index contributed by atoms with van der Waals surface area (Å²) in [5, 5.41) is 3.46. The third-order valence-corrected chi connectivity index (χ3v) is 3.75. The summed E-state index contributed by atoms with van der Waals surface area (Å²) in [4.78, 5) is 4.67. The maximum absolute atomic E-state index is 4.67. The van der Waals surface area contributed by atoms with Crippen molar-refractivity contribution in [1.29, 1.82) is 0 Å². The van der Waals surface area contributed by atoms with Crippen LogP contribution in [0.5, 0.6) is 0 Å². The maximum Gasteiger partial charge on any atom is 0.126 e. The molecule has 2 unspecified atom stereocenters. The highest BCUT2D eigenvalue weighted by Gasteiger charge is 2.31. The van der Waals surface area contributed by atoms with Crippen LogP contribution in [0.3, 0.4) is 0 Å². The lowest BCUT2D eigenvalue weighted by molar-refractivity contribution is 0.783. The Kier molecular flexibility index (Phi) is 2.15. The van der Waals surface area contributed by atoms with Gasteiger partial charge in [0.05, 0.1) is 0 Å². The van der Waals surface area contributed by atoms with E-state index in [4.69, 9.17) is 0 Å². The molecule has 0 saturated heterocycles. The fourth-order valence-corrected chi connectivity index (χ4v) is 2.44. The van der Waals surface area contributed by atoms with Gasteiger partial charge in [0.1, 0.15) is 5.82 Å². The highest BCUT2D eigenvalue weighted by molar-refractivity contribution is 5.40. The van der Waals surface area contributed by atoms with E-state index in [1.165, 1.54) is 36.9 Å². The summed E-state index contributed by atoms with van der Waals surface area (Å²) in [7, 11) is 0. The van der Waals surface area contributed by atoms with Gasteiger partial charge in [-0.1, -0.05) is 13.0 Å². The van der Waals surface area contributed by atoms with Crippen molar-refractivity contribution in [2.24, 2.45) is 11.8 Å². The first-order valence-electron chi connectivity index (χ1n) is 6.05. The standard InChI is InChI=1S/C13H18N2/c1-9-7-11(9)8-14-13-6-5-10-3-2-4-12(10)15-13/h5-6,9,11H,2-4,7-8H2,1H3,(H,14,15). The van der Waals surface area contributed by atoms with Crippen molar-refractivity contribution in [3.63, 3.8) is 0 Å². The van der Waals surface area contributed by atoms with Crippen LogP contribution in [0.15, 0.2) is 12.1 Å². The summed E-state index contributed by atoms with van der Waals surface area (Å²) in [6.45, 7) is 3.43. The minimum atomic E-state index is 0.889. The molecule has 0 bridgehead atoms. The molecule has 1 N–H and O–H groups in total. The van der Waals surface area contributed by atoms with Crippen LogP contribution in [0.1, 0.15) is 31.0 Å². The van der Waals surface area contributed by atoms with E-state index in [2.05, 4.69) is 29.4 Å². The molecule has 2 aliphatic carbocycles. The zero-order valence-electron chi connectivity index (χ0n) is 9.29. The minimum absolute atomic E-state index is 0.889. The summed E-state index contributed by atoms with van der Waals surface area (Å²) in [6, 6.07) is 4.38. The van der Waals surface area contributed by atoms with E-state index < -0.39 is 0 Å². The van der Waals surface area contributed by atoms with E-state index in [0.717, 1.165) is 24.2 Å². The highest BCUT2D eigenvalue weighted by Crippen LogP contribution is 2.37. The SMILES string of the molecule is CC1CC1CNc1ccc2c(n1)CCC2. The Labute approximate surface area is 91.1 Å². The number of hydrogen-bond donors (Lipinski definition) is 1. The molecule has 15 heavy (non-hydrogen) atoms. The zero-order chi connectivity index (χ0) is 10.3. The fraction of sp³-hybridized carbons (Fsp3) is 0.615. The third-order valence-electron chi connectivity index (χ3n) is 3.75. The molecule has 0 spiro atoms. The van der Waals surface area contributed by atoms with Crippen molar-refractivity contribution in [2.75, 3.05) is 11.9 Å². The Balaban J connectivity index is 1.65. The van der Waals surface area contributed by atoms with Gasteiger partial charge in [-0.3, -0.25) is 0 Å². The van der Waals surface area contributed by atoms with Crippen LogP contribution < -0.4 is 5.32 Å². The van der Waals surface area contributed by atoms with E-state index in [-0.39, 0.29) is 0 Å². The Morgan fingerprint density at radius 1 is 1.40 bits per heavy atom. The fourth-order valence-electron chi connectivity index (χ4n) is 2.44. The normalized spacial score (nSPS) is 27.5. The summed E-state index contributed by atoms with van der Waals surface area (Å²) in [6.07, 6.45) is 5.07. The molecule has 0 aliphatic heterocycles. The van der Waals surface area contributed by atoms with Gasteiger partial charge in [-0.25, -0.2) is 4.98 Å². The van der Waals surface area contributed by atoms with E-state index in [1.54, 1.807) is 0 Å². The van der Waals surface area contributed by atoms with Crippen LogP contribution in [0.4, 0.5) is 5.82 Å². The Bertz CT molecular complexity index is 373. The van der Waals surface area contributed by atoms with Crippen LogP contribution in [-0.4, -0.2) is 11.5 Å². The molecule has 3 rings (SSSR count). The molecule has 2 aliphatic rings. The smallest absolute Gasteiger partial charge is 0.126 e. The van der Waals surface area contributed by atoms with Gasteiger partial charge < -0.3 is 5.32 Å². The van der Waals surface area contributed by atoms with Crippen molar-refractivity contribution in [1.82, 2.24) is 4.98 Å². The Morgan fingerprint density at radius 2 is 2.27 bits per heavy atom. The number of anilines is 1. The maximum atomic E-state index is 4.67. The van der Waals surface area contributed by atoms with Crippen LogP contribution in [0.2, 0.25) is 0 Å². The summed E-state index contributed by atoms with van der Waals surface area (Å²) in [5.41, 5.74) is 2.78. The van der Waals surface area contributed by atoms with Gasteiger partial charge in [0.25, 0.3) is 0 Å². The third kappa shape index (κ3) is 1.85. The van der Waals surface area contributed by atoms with Crippen molar-refractivity contribution in [3.05, 3.63) is 23.4 Å². The first-order chi connectivity index (χ1) is 7.33. The lowest BCUT2D eigenvalue weighted by Gasteiger charge is -2.06. The van der Waals surface area contributed by atoms with E-state index >= 15 is 0 Å². The molecule has 0 aromatic carbocycles. The van der Waals surface area contributed by atoms with Gasteiger partial charge in [-0.15, -0.1) is 0 Å². The molecule has 2 atom stereocenters. The molecule has 80 valence electrons. The molecular formula is C13H18N2. The second kappa shape index (κ2) is 3.51. The lowest BCUT2D eigenvalue weighted by atomic mass is 10.2. The van der Waals surface area contributed by atoms with E-state index in [0.29, 0.717) is 0 Å². The number of fused-ring (bicyclic) bond motifs is 1. The number of pyridine rings is 1. The number of rotatable bonds is 3. The van der Waals surface area contributed by atoms with E-state index in [9.17, 15) is 0 Å². The molecule has 1 aromatic heterocycles.